The normalized spacial score (nSPS) is 14.7. The average Bonchev–Trinajstić information content (AvgIpc) is 2.18. The van der Waals surface area contributed by atoms with Crippen molar-refractivity contribution in [2.24, 2.45) is 5.73 Å². The van der Waals surface area contributed by atoms with Gasteiger partial charge in [0, 0.05) is 19.3 Å². The van der Waals surface area contributed by atoms with Crippen molar-refractivity contribution < 1.29 is 4.74 Å². The Morgan fingerprint density at radius 3 is 2.73 bits per heavy atom. The molecule has 84 valence electrons. The summed E-state index contributed by atoms with van der Waals surface area (Å²) in [6, 6.07) is 8.24. The van der Waals surface area contributed by atoms with Crippen LogP contribution in [-0.4, -0.2) is 25.8 Å². The average molecular weight is 208 g/mol. The maximum Gasteiger partial charge on any atom is 0.0702 e. The molecule has 1 aromatic rings. The highest BCUT2D eigenvalue weighted by atomic mass is 16.5. The molecule has 0 saturated heterocycles. The van der Waals surface area contributed by atoms with Crippen LogP contribution in [0.1, 0.15) is 12.5 Å². The lowest BCUT2D eigenvalue weighted by atomic mass is 10.0. The summed E-state index contributed by atoms with van der Waals surface area (Å²) in [7, 11) is 1.69. The van der Waals surface area contributed by atoms with Crippen molar-refractivity contribution in [3.63, 3.8) is 0 Å². The maximum absolute atomic E-state index is 5.74. The molecule has 0 saturated carbocycles. The van der Waals surface area contributed by atoms with Gasteiger partial charge in [-0.3, -0.25) is 0 Å². The van der Waals surface area contributed by atoms with Crippen molar-refractivity contribution in [3.8, 4) is 0 Å². The smallest absolute Gasteiger partial charge is 0.0702 e. The summed E-state index contributed by atoms with van der Waals surface area (Å²) >= 11 is 0. The number of nitrogens with two attached hydrogens (primary N) is 1. The zero-order valence-electron chi connectivity index (χ0n) is 9.71. The molecule has 0 spiro atoms. The van der Waals surface area contributed by atoms with Crippen molar-refractivity contribution in [3.05, 3.63) is 29.8 Å². The van der Waals surface area contributed by atoms with Gasteiger partial charge in [0.2, 0.25) is 0 Å². The first kappa shape index (κ1) is 12.0. The lowest BCUT2D eigenvalue weighted by Crippen LogP contribution is -2.46. The second-order valence-electron chi connectivity index (χ2n) is 4.19. The predicted molar refractivity (Wildman–Crippen MR) is 64.1 cm³/mol. The van der Waals surface area contributed by atoms with Gasteiger partial charge in [0.1, 0.15) is 0 Å². The largest absolute Gasteiger partial charge is 0.382 e. The third-order valence-electron chi connectivity index (χ3n) is 2.38. The number of anilines is 1. The molecule has 0 radical (unpaired) electrons. The summed E-state index contributed by atoms with van der Waals surface area (Å²) < 4.78 is 5.16. The predicted octanol–water partition coefficient (Wildman–Crippen LogP) is 1.77. The van der Waals surface area contributed by atoms with E-state index in [2.05, 4.69) is 31.3 Å². The Morgan fingerprint density at radius 2 is 2.20 bits per heavy atom. The van der Waals surface area contributed by atoms with E-state index in [-0.39, 0.29) is 5.54 Å². The Morgan fingerprint density at radius 1 is 1.47 bits per heavy atom. The molecule has 3 N–H and O–H groups in total. The molecule has 0 aliphatic carbocycles. The first-order valence-electron chi connectivity index (χ1n) is 5.13. The van der Waals surface area contributed by atoms with Gasteiger partial charge >= 0.3 is 0 Å². The molecule has 3 heteroatoms. The number of rotatable bonds is 5. The number of methoxy groups -OCH3 is 1. The highest BCUT2D eigenvalue weighted by Gasteiger charge is 2.21. The molecular formula is C12H20N2O. The van der Waals surface area contributed by atoms with Crippen LogP contribution in [0.25, 0.3) is 0 Å². The third-order valence-corrected chi connectivity index (χ3v) is 2.38. The Hall–Kier alpha value is -1.06. The van der Waals surface area contributed by atoms with E-state index in [9.17, 15) is 0 Å². The highest BCUT2D eigenvalue weighted by molar-refractivity contribution is 5.47. The summed E-state index contributed by atoms with van der Waals surface area (Å²) in [5.41, 5.74) is 7.85. The molecule has 0 bridgehead atoms. The molecule has 0 aliphatic rings. The van der Waals surface area contributed by atoms with Gasteiger partial charge in [-0.2, -0.15) is 0 Å². The fraction of sp³-hybridized carbons (Fsp3) is 0.500. The number of benzene rings is 1. The van der Waals surface area contributed by atoms with Crippen molar-refractivity contribution in [1.82, 2.24) is 0 Å². The molecular weight excluding hydrogens is 188 g/mol. The Bertz CT molecular complexity index is 314. The third kappa shape index (κ3) is 3.53. The zero-order valence-corrected chi connectivity index (χ0v) is 9.71. The van der Waals surface area contributed by atoms with Gasteiger partial charge in [0.05, 0.1) is 12.1 Å². The van der Waals surface area contributed by atoms with Gasteiger partial charge in [-0.15, -0.1) is 0 Å². The van der Waals surface area contributed by atoms with Crippen molar-refractivity contribution in [2.45, 2.75) is 19.4 Å². The van der Waals surface area contributed by atoms with Crippen LogP contribution in [0.4, 0.5) is 5.69 Å². The van der Waals surface area contributed by atoms with Crippen LogP contribution in [0.2, 0.25) is 0 Å². The number of nitrogens with one attached hydrogen (secondary N) is 1. The number of hydrogen-bond donors (Lipinski definition) is 2. The van der Waals surface area contributed by atoms with Crippen LogP contribution in [0.3, 0.4) is 0 Å². The fourth-order valence-corrected chi connectivity index (χ4v) is 1.54. The molecule has 1 aromatic carbocycles. The van der Waals surface area contributed by atoms with E-state index >= 15 is 0 Å². The summed E-state index contributed by atoms with van der Waals surface area (Å²) in [6.07, 6.45) is 0. The molecule has 0 aromatic heterocycles. The minimum atomic E-state index is -0.206. The van der Waals surface area contributed by atoms with Gasteiger partial charge in [0.25, 0.3) is 0 Å². The van der Waals surface area contributed by atoms with Crippen LogP contribution in [0.5, 0.6) is 0 Å². The SMILES string of the molecule is COCC(C)(CN)Nc1cccc(C)c1. The van der Waals surface area contributed by atoms with Crippen LogP contribution < -0.4 is 11.1 Å². The van der Waals surface area contributed by atoms with E-state index in [0.717, 1.165) is 5.69 Å². The van der Waals surface area contributed by atoms with Gasteiger partial charge in [-0.1, -0.05) is 12.1 Å². The molecule has 1 unspecified atom stereocenters. The van der Waals surface area contributed by atoms with E-state index in [1.807, 2.05) is 12.1 Å². The van der Waals surface area contributed by atoms with Crippen molar-refractivity contribution in [2.75, 3.05) is 25.6 Å². The lowest BCUT2D eigenvalue weighted by Gasteiger charge is -2.29. The molecule has 15 heavy (non-hydrogen) atoms. The van der Waals surface area contributed by atoms with E-state index < -0.39 is 0 Å². The second kappa shape index (κ2) is 5.14. The monoisotopic (exact) mass is 208 g/mol. The lowest BCUT2D eigenvalue weighted by molar-refractivity contribution is 0.153. The van der Waals surface area contributed by atoms with E-state index in [0.29, 0.717) is 13.2 Å². The molecule has 0 amide bonds. The quantitative estimate of drug-likeness (QED) is 0.775. The van der Waals surface area contributed by atoms with E-state index in [4.69, 9.17) is 10.5 Å². The molecule has 0 aliphatic heterocycles. The topological polar surface area (TPSA) is 47.3 Å². The summed E-state index contributed by atoms with van der Waals surface area (Å²) in [6.45, 7) is 5.26. The molecule has 3 nitrogen and oxygen atoms in total. The number of hydrogen-bond acceptors (Lipinski definition) is 3. The van der Waals surface area contributed by atoms with Gasteiger partial charge in [-0.25, -0.2) is 0 Å². The second-order valence-corrected chi connectivity index (χ2v) is 4.19. The van der Waals surface area contributed by atoms with Crippen LogP contribution >= 0.6 is 0 Å². The first-order chi connectivity index (χ1) is 7.09. The zero-order chi connectivity index (χ0) is 11.3. The molecule has 0 heterocycles. The fourth-order valence-electron chi connectivity index (χ4n) is 1.54. The molecule has 1 rings (SSSR count). The maximum atomic E-state index is 5.74. The minimum absolute atomic E-state index is 0.206. The Kier molecular flexibility index (Phi) is 4.12. The van der Waals surface area contributed by atoms with Crippen molar-refractivity contribution >= 4 is 5.69 Å². The van der Waals surface area contributed by atoms with Gasteiger partial charge in [0.15, 0.2) is 0 Å². The van der Waals surface area contributed by atoms with Gasteiger partial charge in [-0.05, 0) is 31.5 Å². The van der Waals surface area contributed by atoms with E-state index in [1.165, 1.54) is 5.56 Å². The Balaban J connectivity index is 2.74. The number of aryl methyl sites for hydroxylation is 1. The highest BCUT2D eigenvalue weighted by Crippen LogP contribution is 2.16. The van der Waals surface area contributed by atoms with Crippen LogP contribution in [0.15, 0.2) is 24.3 Å². The minimum Gasteiger partial charge on any atom is -0.382 e. The van der Waals surface area contributed by atoms with Crippen LogP contribution in [-0.2, 0) is 4.74 Å². The number of ether oxygens (including phenoxy) is 1. The summed E-state index contributed by atoms with van der Waals surface area (Å²) in [5, 5.41) is 3.40. The standard InChI is InChI=1S/C12H20N2O/c1-10-5-4-6-11(7-10)14-12(2,8-13)9-15-3/h4-7,14H,8-9,13H2,1-3H3. The first-order valence-corrected chi connectivity index (χ1v) is 5.13. The Labute approximate surface area is 91.6 Å². The van der Waals surface area contributed by atoms with Gasteiger partial charge < -0.3 is 15.8 Å². The summed E-state index contributed by atoms with van der Waals surface area (Å²) in [4.78, 5) is 0. The molecule has 1 atom stereocenters. The van der Waals surface area contributed by atoms with Crippen LogP contribution in [0, 0.1) is 6.92 Å². The molecule has 0 fully saturated rings. The van der Waals surface area contributed by atoms with E-state index in [1.54, 1.807) is 7.11 Å². The van der Waals surface area contributed by atoms with Crippen molar-refractivity contribution in [1.29, 1.82) is 0 Å². The summed E-state index contributed by atoms with van der Waals surface area (Å²) in [5.74, 6) is 0.